The standard InChI is InChI=1S/C23H22NO.C18H19N2OSi.Ir/c1-15-14-24-20(12-16(15)13-23(2,3)4)19-10-7-9-18-17-8-5-6-11-21(17)25-22(18)19;1-13-17(20-18(21-13)22(2,3)4)15-10-11-19-16(12-15)14-8-6-5-7-9-14;/h5-9,11-12,14H,13H2,1-4H3;5-8,10-12H,1-4H3;/q2*-1;/i1D3,13D2;1D3;. The van der Waals surface area contributed by atoms with Crippen LogP contribution >= 0.6 is 0 Å². The summed E-state index contributed by atoms with van der Waals surface area (Å²) in [6.07, 6.45) is 1.02. The summed E-state index contributed by atoms with van der Waals surface area (Å²) in [4.78, 5) is 13.3. The number of aromatic nitrogens is 3. The van der Waals surface area contributed by atoms with Crippen molar-refractivity contribution in [3.05, 3.63) is 120 Å². The molecule has 3 aromatic carbocycles. The van der Waals surface area contributed by atoms with Crippen LogP contribution in [0, 0.1) is 31.3 Å². The average molecular weight is 836 g/mol. The first-order chi connectivity index (χ1) is 25.6. The van der Waals surface area contributed by atoms with Crippen LogP contribution in [0.3, 0.4) is 0 Å². The zero-order valence-electron chi connectivity index (χ0n) is 35.7. The normalized spacial score (nSPS) is 15.0. The van der Waals surface area contributed by atoms with Crippen molar-refractivity contribution in [1.29, 1.82) is 0 Å². The monoisotopic (exact) mass is 836 g/mol. The molecule has 247 valence electrons. The molecule has 0 spiro atoms. The van der Waals surface area contributed by atoms with Gasteiger partial charge in [-0.05, 0) is 60.1 Å². The van der Waals surface area contributed by atoms with Gasteiger partial charge in [0.05, 0.1) is 5.58 Å². The van der Waals surface area contributed by atoms with Gasteiger partial charge in [0, 0.05) is 48.9 Å². The summed E-state index contributed by atoms with van der Waals surface area (Å²) in [6, 6.07) is 30.3. The van der Waals surface area contributed by atoms with E-state index in [2.05, 4.69) is 46.7 Å². The van der Waals surface area contributed by atoms with Gasteiger partial charge in [0.15, 0.2) is 5.51 Å². The maximum Gasteiger partial charge on any atom is 0.166 e. The molecule has 7 heteroatoms. The molecule has 0 aliphatic rings. The second-order valence-electron chi connectivity index (χ2n) is 13.3. The van der Waals surface area contributed by atoms with Crippen LogP contribution in [0.1, 0.15) is 48.6 Å². The Bertz CT molecular complexity index is 2480. The molecule has 5 nitrogen and oxygen atoms in total. The minimum Gasteiger partial charge on any atom is -0.501 e. The van der Waals surface area contributed by atoms with Gasteiger partial charge in [-0.1, -0.05) is 87.3 Å². The second kappa shape index (κ2) is 14.1. The molecule has 0 atom stereocenters. The molecule has 0 saturated carbocycles. The third-order valence-electron chi connectivity index (χ3n) is 7.30. The zero-order valence-corrected chi connectivity index (χ0v) is 31.0. The Morgan fingerprint density at radius 1 is 0.854 bits per heavy atom. The molecular weight excluding hydrogens is 787 g/mol. The summed E-state index contributed by atoms with van der Waals surface area (Å²) in [5.41, 5.74) is 4.69. The van der Waals surface area contributed by atoms with Crippen molar-refractivity contribution >= 4 is 35.5 Å². The van der Waals surface area contributed by atoms with E-state index in [4.69, 9.17) is 19.8 Å². The predicted molar refractivity (Wildman–Crippen MR) is 195 cm³/mol. The second-order valence-corrected chi connectivity index (χ2v) is 18.3. The van der Waals surface area contributed by atoms with Gasteiger partial charge in [-0.15, -0.1) is 54.1 Å². The molecule has 0 N–H and O–H groups in total. The number of aryl methyl sites for hydroxylation is 2. The van der Waals surface area contributed by atoms with E-state index in [-0.39, 0.29) is 37.0 Å². The smallest absolute Gasteiger partial charge is 0.166 e. The third-order valence-corrected chi connectivity index (χ3v) is 8.79. The average Bonchev–Trinajstić information content (AvgIpc) is 3.75. The number of hydrogen-bond donors (Lipinski definition) is 0. The van der Waals surface area contributed by atoms with E-state index < -0.39 is 33.6 Å². The molecule has 4 heterocycles. The van der Waals surface area contributed by atoms with Crippen molar-refractivity contribution in [2.45, 2.75) is 60.5 Å². The molecule has 48 heavy (non-hydrogen) atoms. The first-order valence-electron chi connectivity index (χ1n) is 19.4. The van der Waals surface area contributed by atoms with E-state index in [1.807, 2.05) is 60.7 Å². The van der Waals surface area contributed by atoms with Crippen LogP contribution in [0.15, 0.2) is 100 Å². The fraction of sp³-hybridized carbons (Fsp3) is 0.244. The number of rotatable bonds is 5. The number of hydrogen-bond acceptors (Lipinski definition) is 5. The van der Waals surface area contributed by atoms with E-state index in [1.54, 1.807) is 39.1 Å². The Balaban J connectivity index is 0.000000214. The Kier molecular flexibility index (Phi) is 7.60. The van der Waals surface area contributed by atoms with E-state index in [0.717, 1.165) is 21.9 Å². The van der Waals surface area contributed by atoms with Crippen molar-refractivity contribution in [2.75, 3.05) is 0 Å². The molecule has 7 aromatic rings. The van der Waals surface area contributed by atoms with Gasteiger partial charge in [-0.3, -0.25) is 0 Å². The van der Waals surface area contributed by atoms with Gasteiger partial charge in [0.2, 0.25) is 0 Å². The molecule has 0 aliphatic carbocycles. The summed E-state index contributed by atoms with van der Waals surface area (Å²) in [5.74, 6) is -0.0564. The molecule has 0 saturated heterocycles. The molecule has 0 aliphatic heterocycles. The molecule has 0 fully saturated rings. The van der Waals surface area contributed by atoms with Crippen LogP contribution in [0.25, 0.3) is 55.7 Å². The van der Waals surface area contributed by atoms with Crippen LogP contribution < -0.4 is 5.51 Å². The number of fused-ring (bicyclic) bond motifs is 3. The van der Waals surface area contributed by atoms with Crippen molar-refractivity contribution in [3.63, 3.8) is 0 Å². The first-order valence-corrected chi connectivity index (χ1v) is 18.9. The van der Waals surface area contributed by atoms with Gasteiger partial charge in [-0.2, -0.15) is 0 Å². The first kappa shape index (κ1) is 25.8. The topological polar surface area (TPSA) is 65.0 Å². The molecule has 0 bridgehead atoms. The number of para-hydroxylation sites is 1. The van der Waals surface area contributed by atoms with Crippen molar-refractivity contribution < 1.29 is 39.9 Å². The van der Waals surface area contributed by atoms with Crippen molar-refractivity contribution in [3.8, 4) is 33.8 Å². The van der Waals surface area contributed by atoms with Crippen molar-refractivity contribution in [1.82, 2.24) is 15.0 Å². The quantitative estimate of drug-likeness (QED) is 0.128. The fourth-order valence-corrected chi connectivity index (χ4v) is 5.95. The largest absolute Gasteiger partial charge is 0.501 e. The number of furan rings is 1. The summed E-state index contributed by atoms with van der Waals surface area (Å²) in [5, 5.41) is 1.87. The summed E-state index contributed by atoms with van der Waals surface area (Å²) in [7, 11) is -1.88. The van der Waals surface area contributed by atoms with Crippen LogP contribution in [-0.2, 0) is 26.5 Å². The van der Waals surface area contributed by atoms with Crippen molar-refractivity contribution in [2.24, 2.45) is 5.41 Å². The van der Waals surface area contributed by atoms with Crippen LogP contribution in [0.4, 0.5) is 0 Å². The van der Waals surface area contributed by atoms with E-state index in [9.17, 15) is 0 Å². The number of nitrogens with zero attached hydrogens (tertiary/aromatic N) is 3. The molecule has 0 unspecified atom stereocenters. The Labute approximate surface area is 309 Å². The molecule has 4 aromatic heterocycles. The van der Waals surface area contributed by atoms with Gasteiger partial charge in [0.25, 0.3) is 0 Å². The summed E-state index contributed by atoms with van der Waals surface area (Å²) < 4.78 is 76.2. The summed E-state index contributed by atoms with van der Waals surface area (Å²) >= 11 is 0. The van der Waals surface area contributed by atoms with Gasteiger partial charge >= 0.3 is 0 Å². The number of benzene rings is 3. The van der Waals surface area contributed by atoms with E-state index in [0.29, 0.717) is 39.3 Å². The Morgan fingerprint density at radius 3 is 2.40 bits per heavy atom. The molecule has 0 amide bonds. The minimum atomic E-state index is -2.48. The Morgan fingerprint density at radius 2 is 1.67 bits per heavy atom. The summed E-state index contributed by atoms with van der Waals surface area (Å²) in [6.45, 7) is 6.64. The van der Waals surface area contributed by atoms with Crippen LogP contribution in [-0.4, -0.2) is 23.0 Å². The third kappa shape index (κ3) is 7.76. The molecular formula is C41H41IrN3O2Si-2. The number of pyridine rings is 2. The minimum absolute atomic E-state index is 0. The van der Waals surface area contributed by atoms with Crippen LogP contribution in [0.2, 0.25) is 19.6 Å². The maximum absolute atomic E-state index is 8.70. The number of oxazole rings is 1. The fourth-order valence-electron chi connectivity index (χ4n) is 5.09. The van der Waals surface area contributed by atoms with E-state index >= 15 is 0 Å². The maximum atomic E-state index is 8.70. The Hall–Kier alpha value is -4.16. The molecule has 1 radical (unpaired) electrons. The van der Waals surface area contributed by atoms with Gasteiger partial charge < -0.3 is 18.8 Å². The van der Waals surface area contributed by atoms with Gasteiger partial charge in [-0.25, -0.2) is 4.98 Å². The predicted octanol–water partition coefficient (Wildman–Crippen LogP) is 10.4. The zero-order chi connectivity index (χ0) is 40.1. The molecule has 7 rings (SSSR count). The van der Waals surface area contributed by atoms with Crippen LogP contribution in [0.5, 0.6) is 0 Å². The van der Waals surface area contributed by atoms with E-state index in [1.165, 1.54) is 12.3 Å². The van der Waals surface area contributed by atoms with Gasteiger partial charge in [0.1, 0.15) is 25.1 Å². The SMILES string of the molecule is [2H]C([2H])([2H])c1cnc(-c2[c-]ccc3c2oc2ccccc23)cc1C([2H])([2H])C(C)(C)C.[2H]C([2H])([2H])c1oc([Si](C)(C)C)nc1-c1ccnc(-c2[c-]cccc2)c1.[Ir].